The maximum absolute atomic E-state index is 12.4. The number of hydrogen-bond donors (Lipinski definition) is 2. The average Bonchev–Trinajstić information content (AvgIpc) is 3.05. The highest BCUT2D eigenvalue weighted by Crippen LogP contribution is 2.22. The first-order chi connectivity index (χ1) is 12.1. The van der Waals surface area contributed by atoms with Gasteiger partial charge in [-0.1, -0.05) is 24.3 Å². The van der Waals surface area contributed by atoms with E-state index in [-0.39, 0.29) is 17.3 Å². The number of aryl methyl sites for hydroxylation is 1. The molecule has 0 aliphatic rings. The molecule has 2 aromatic rings. The van der Waals surface area contributed by atoms with E-state index in [1.807, 2.05) is 19.1 Å². The fourth-order valence-corrected chi connectivity index (χ4v) is 3.18. The molecule has 1 unspecified atom stereocenters. The van der Waals surface area contributed by atoms with E-state index >= 15 is 0 Å². The van der Waals surface area contributed by atoms with E-state index in [1.54, 1.807) is 12.1 Å². The second-order valence-corrected chi connectivity index (χ2v) is 7.97. The van der Waals surface area contributed by atoms with Crippen LogP contribution in [-0.4, -0.2) is 43.8 Å². The van der Waals surface area contributed by atoms with Crippen molar-refractivity contribution < 1.29 is 27.5 Å². The van der Waals surface area contributed by atoms with Crippen molar-refractivity contribution in [1.82, 2.24) is 9.62 Å². The van der Waals surface area contributed by atoms with Crippen LogP contribution in [0.5, 0.6) is 0 Å². The first-order valence-electron chi connectivity index (χ1n) is 7.73. The number of aliphatic carboxylic acids is 1. The summed E-state index contributed by atoms with van der Waals surface area (Å²) in [4.78, 5) is 23.6. The van der Waals surface area contributed by atoms with Crippen LogP contribution in [0.2, 0.25) is 0 Å². The zero-order chi connectivity index (χ0) is 19.5. The summed E-state index contributed by atoms with van der Waals surface area (Å²) < 4.78 is 30.2. The van der Waals surface area contributed by atoms with Crippen molar-refractivity contribution in [2.45, 2.75) is 24.5 Å². The van der Waals surface area contributed by atoms with Gasteiger partial charge in [0.05, 0.1) is 12.5 Å². The van der Waals surface area contributed by atoms with Crippen molar-refractivity contribution in [3.05, 3.63) is 53.3 Å². The lowest BCUT2D eigenvalue weighted by Gasteiger charge is -2.18. The number of carbonyl (C=O) groups is 2. The van der Waals surface area contributed by atoms with Crippen LogP contribution >= 0.6 is 0 Å². The van der Waals surface area contributed by atoms with E-state index in [9.17, 15) is 18.0 Å². The maximum atomic E-state index is 12.4. The summed E-state index contributed by atoms with van der Waals surface area (Å²) in [6, 6.07) is 8.74. The molecule has 1 atom stereocenters. The van der Waals surface area contributed by atoms with Gasteiger partial charge in [0.25, 0.3) is 15.9 Å². The smallest absolute Gasteiger partial charge is 0.305 e. The van der Waals surface area contributed by atoms with E-state index in [0.29, 0.717) is 5.56 Å². The first-order valence-corrected chi connectivity index (χ1v) is 9.17. The van der Waals surface area contributed by atoms with Gasteiger partial charge >= 0.3 is 5.97 Å². The number of nitrogens with one attached hydrogen (secondary N) is 1. The second-order valence-electron chi connectivity index (χ2n) is 5.89. The minimum atomic E-state index is -3.80. The summed E-state index contributed by atoms with van der Waals surface area (Å²) in [7, 11) is -1.11. The Bertz CT molecular complexity index is 917. The van der Waals surface area contributed by atoms with Crippen LogP contribution < -0.4 is 5.32 Å². The van der Waals surface area contributed by atoms with Crippen LogP contribution in [-0.2, 0) is 14.8 Å². The Balaban J connectivity index is 2.27. The molecule has 140 valence electrons. The Labute approximate surface area is 151 Å². The van der Waals surface area contributed by atoms with Crippen LogP contribution in [0.3, 0.4) is 0 Å². The largest absolute Gasteiger partial charge is 0.481 e. The van der Waals surface area contributed by atoms with E-state index < -0.39 is 27.9 Å². The Morgan fingerprint density at radius 2 is 1.85 bits per heavy atom. The topological polar surface area (TPSA) is 117 Å². The molecule has 8 nitrogen and oxygen atoms in total. The van der Waals surface area contributed by atoms with E-state index in [0.717, 1.165) is 9.87 Å². The van der Waals surface area contributed by atoms with Gasteiger partial charge in [0.15, 0.2) is 5.76 Å². The molecule has 1 aromatic heterocycles. The lowest BCUT2D eigenvalue weighted by molar-refractivity contribution is -0.137. The highest BCUT2D eigenvalue weighted by Gasteiger charge is 2.25. The number of nitrogens with zero attached hydrogens (tertiary/aromatic N) is 1. The third-order valence-electron chi connectivity index (χ3n) is 3.79. The molecular formula is C17H20N2O6S. The zero-order valence-corrected chi connectivity index (χ0v) is 15.4. The molecule has 0 fully saturated rings. The number of rotatable bonds is 7. The molecular weight excluding hydrogens is 360 g/mol. The maximum Gasteiger partial charge on any atom is 0.305 e. The second kappa shape index (κ2) is 7.71. The Hall–Kier alpha value is -2.65. The minimum absolute atomic E-state index is 0.214. The number of sulfonamides is 1. The molecule has 9 heteroatoms. The minimum Gasteiger partial charge on any atom is -0.481 e. The lowest BCUT2D eigenvalue weighted by Crippen LogP contribution is -2.30. The molecule has 1 amide bonds. The number of hydrogen-bond acceptors (Lipinski definition) is 5. The highest BCUT2D eigenvalue weighted by atomic mass is 32.2. The van der Waals surface area contributed by atoms with Crippen LogP contribution in [0.1, 0.15) is 34.1 Å². The van der Waals surface area contributed by atoms with Gasteiger partial charge in [-0.05, 0) is 30.2 Å². The molecule has 0 aliphatic carbocycles. The van der Waals surface area contributed by atoms with E-state index in [4.69, 9.17) is 9.52 Å². The summed E-state index contributed by atoms with van der Waals surface area (Å²) in [6.45, 7) is 1.81. The molecule has 0 radical (unpaired) electrons. The Morgan fingerprint density at radius 3 is 2.42 bits per heavy atom. The van der Waals surface area contributed by atoms with Gasteiger partial charge in [-0.3, -0.25) is 9.59 Å². The summed E-state index contributed by atoms with van der Waals surface area (Å²) in [5, 5.41) is 11.4. The average molecular weight is 380 g/mol. The van der Waals surface area contributed by atoms with Crippen LogP contribution in [0.15, 0.2) is 45.9 Å². The van der Waals surface area contributed by atoms with Gasteiger partial charge in [-0.2, -0.15) is 0 Å². The number of carbonyl (C=O) groups excluding carboxylic acids is 1. The quantitative estimate of drug-likeness (QED) is 0.756. The number of carboxylic acids is 1. The number of amides is 1. The van der Waals surface area contributed by atoms with E-state index in [1.165, 1.54) is 26.2 Å². The Kier molecular flexibility index (Phi) is 5.83. The molecule has 0 saturated heterocycles. The van der Waals surface area contributed by atoms with Crippen LogP contribution in [0.25, 0.3) is 0 Å². The third-order valence-corrected chi connectivity index (χ3v) is 5.48. The van der Waals surface area contributed by atoms with Gasteiger partial charge in [0.1, 0.15) is 0 Å². The molecule has 2 rings (SSSR count). The number of furan rings is 1. The van der Waals surface area contributed by atoms with Crippen molar-refractivity contribution in [2.24, 2.45) is 0 Å². The van der Waals surface area contributed by atoms with Crippen LogP contribution in [0.4, 0.5) is 0 Å². The summed E-state index contributed by atoms with van der Waals surface area (Å²) in [5.74, 6) is -1.98. The molecule has 0 spiro atoms. The Morgan fingerprint density at radius 1 is 1.19 bits per heavy atom. The standard InChI is InChI=1S/C17H20N2O6S/c1-11-6-4-5-7-12(11)13(10-15(20)21)18-17(22)14-8-9-16(25-14)26(23,24)19(2)3/h4-9,13H,10H2,1-3H3,(H,18,22)(H,20,21). The molecule has 0 aliphatic heterocycles. The summed E-state index contributed by atoms with van der Waals surface area (Å²) >= 11 is 0. The van der Waals surface area contributed by atoms with Gasteiger partial charge in [0.2, 0.25) is 5.09 Å². The predicted octanol–water partition coefficient (Wildman–Crippen LogP) is 1.78. The van der Waals surface area contributed by atoms with Crippen molar-refractivity contribution >= 4 is 21.9 Å². The van der Waals surface area contributed by atoms with Crippen molar-refractivity contribution in [2.75, 3.05) is 14.1 Å². The molecule has 2 N–H and O–H groups in total. The van der Waals surface area contributed by atoms with Crippen LogP contribution in [0, 0.1) is 6.92 Å². The lowest BCUT2D eigenvalue weighted by atomic mass is 9.98. The van der Waals surface area contributed by atoms with Gasteiger partial charge in [-0.25, -0.2) is 12.7 Å². The van der Waals surface area contributed by atoms with Crippen molar-refractivity contribution in [3.63, 3.8) is 0 Å². The third kappa shape index (κ3) is 4.30. The fourth-order valence-electron chi connectivity index (χ4n) is 2.38. The summed E-state index contributed by atoms with van der Waals surface area (Å²) in [5.41, 5.74) is 1.49. The monoisotopic (exact) mass is 380 g/mol. The molecule has 0 bridgehead atoms. The normalized spacial score (nSPS) is 12.8. The first kappa shape index (κ1) is 19.7. The van der Waals surface area contributed by atoms with Gasteiger partial charge < -0.3 is 14.8 Å². The van der Waals surface area contributed by atoms with Crippen molar-refractivity contribution in [3.8, 4) is 0 Å². The number of carboxylic acid groups (broad SMARTS) is 1. The van der Waals surface area contributed by atoms with Gasteiger partial charge in [-0.15, -0.1) is 0 Å². The molecule has 1 heterocycles. The summed E-state index contributed by atoms with van der Waals surface area (Å²) in [6.07, 6.45) is -0.319. The van der Waals surface area contributed by atoms with Gasteiger partial charge in [0, 0.05) is 14.1 Å². The SMILES string of the molecule is Cc1ccccc1C(CC(=O)O)NC(=O)c1ccc(S(=O)(=O)N(C)C)o1. The fraction of sp³-hybridized carbons (Fsp3) is 0.294. The molecule has 26 heavy (non-hydrogen) atoms. The van der Waals surface area contributed by atoms with Crippen molar-refractivity contribution in [1.29, 1.82) is 0 Å². The highest BCUT2D eigenvalue weighted by molar-refractivity contribution is 7.88. The molecule has 1 aromatic carbocycles. The predicted molar refractivity (Wildman–Crippen MR) is 93.2 cm³/mol. The number of benzene rings is 1. The van der Waals surface area contributed by atoms with E-state index in [2.05, 4.69) is 5.32 Å². The molecule has 0 saturated carbocycles. The zero-order valence-electron chi connectivity index (χ0n) is 14.6.